The molecule has 6 nitrogen and oxygen atoms in total. The second-order valence-corrected chi connectivity index (χ2v) is 7.00. The third kappa shape index (κ3) is 3.17. The Balaban J connectivity index is 1.91. The van der Waals surface area contributed by atoms with Crippen LogP contribution in [0.25, 0.3) is 10.9 Å². The van der Waals surface area contributed by atoms with Gasteiger partial charge in [-0.1, -0.05) is 0 Å². The zero-order valence-corrected chi connectivity index (χ0v) is 13.9. The van der Waals surface area contributed by atoms with E-state index in [1.807, 2.05) is 32.9 Å². The van der Waals surface area contributed by atoms with Crippen molar-refractivity contribution < 1.29 is 19.4 Å². The molecule has 2 aromatic rings. The number of hydrogen-bond acceptors (Lipinski definition) is 5. The number of esters is 1. The Morgan fingerprint density at radius 1 is 1.52 bits per heavy atom. The summed E-state index contributed by atoms with van der Waals surface area (Å²) in [5, 5.41) is 14.9. The number of benzene rings is 1. The normalized spacial score (nSPS) is 18.6. The molecule has 23 heavy (non-hydrogen) atoms. The first kappa shape index (κ1) is 15.8. The summed E-state index contributed by atoms with van der Waals surface area (Å²) in [7, 11) is 0. The molecule has 0 radical (unpaired) electrons. The maximum Gasteiger partial charge on any atom is 0.348 e. The molecule has 1 aliphatic rings. The van der Waals surface area contributed by atoms with Gasteiger partial charge in [-0.15, -0.1) is 0 Å². The molecule has 6 heteroatoms. The zero-order valence-electron chi connectivity index (χ0n) is 13.9. The topological polar surface area (TPSA) is 73.6 Å². The van der Waals surface area contributed by atoms with Crippen molar-refractivity contribution in [1.82, 2.24) is 9.78 Å². The quantitative estimate of drug-likeness (QED) is 0.877. The second kappa shape index (κ2) is 5.53. The number of ether oxygens (including phenoxy) is 2. The van der Waals surface area contributed by atoms with Gasteiger partial charge >= 0.3 is 5.97 Å². The largest absolute Gasteiger partial charge is 0.478 e. The molecular formula is C17H22N2O4. The Bertz CT molecular complexity index is 743. The molecule has 0 saturated heterocycles. The number of aliphatic hydroxyl groups is 1. The average molecular weight is 318 g/mol. The summed E-state index contributed by atoms with van der Waals surface area (Å²) in [5.74, 6) is 0.323. The van der Waals surface area contributed by atoms with E-state index in [1.165, 1.54) is 0 Å². The fraction of sp³-hybridized carbons (Fsp3) is 0.529. The first-order valence-corrected chi connectivity index (χ1v) is 7.79. The van der Waals surface area contributed by atoms with Crippen LogP contribution in [0.5, 0.6) is 5.75 Å². The summed E-state index contributed by atoms with van der Waals surface area (Å²) in [6.45, 7) is 7.63. The maximum atomic E-state index is 12.3. The van der Waals surface area contributed by atoms with Gasteiger partial charge in [0.25, 0.3) is 0 Å². The van der Waals surface area contributed by atoms with Crippen LogP contribution in [0.1, 0.15) is 33.3 Å². The van der Waals surface area contributed by atoms with Crippen molar-refractivity contribution in [1.29, 1.82) is 0 Å². The number of carbonyl (C=O) groups is 1. The van der Waals surface area contributed by atoms with Gasteiger partial charge in [0.1, 0.15) is 11.4 Å². The Morgan fingerprint density at radius 3 is 2.91 bits per heavy atom. The van der Waals surface area contributed by atoms with Crippen LogP contribution in [-0.2, 0) is 22.5 Å². The van der Waals surface area contributed by atoms with Crippen LogP contribution in [0.2, 0.25) is 0 Å². The molecule has 2 heterocycles. The molecule has 3 rings (SSSR count). The van der Waals surface area contributed by atoms with Crippen LogP contribution in [-0.4, -0.2) is 38.7 Å². The number of fused-ring (bicyclic) bond motifs is 3. The predicted molar refractivity (Wildman–Crippen MR) is 85.4 cm³/mol. The maximum absolute atomic E-state index is 12.3. The van der Waals surface area contributed by atoms with E-state index in [9.17, 15) is 9.90 Å². The van der Waals surface area contributed by atoms with E-state index in [0.29, 0.717) is 18.7 Å². The van der Waals surface area contributed by atoms with E-state index in [2.05, 4.69) is 5.10 Å². The van der Waals surface area contributed by atoms with Crippen LogP contribution >= 0.6 is 0 Å². The first-order valence-electron chi connectivity index (χ1n) is 7.79. The van der Waals surface area contributed by atoms with Crippen molar-refractivity contribution >= 4 is 16.9 Å². The van der Waals surface area contributed by atoms with Gasteiger partial charge in [0, 0.05) is 17.4 Å². The van der Waals surface area contributed by atoms with Gasteiger partial charge in [-0.05, 0) is 39.8 Å². The third-order valence-corrected chi connectivity index (χ3v) is 3.63. The van der Waals surface area contributed by atoms with Gasteiger partial charge in [0.15, 0.2) is 6.10 Å². The Morgan fingerprint density at radius 2 is 2.26 bits per heavy atom. The zero-order chi connectivity index (χ0) is 16.8. The number of nitrogens with zero attached hydrogens (tertiary/aromatic N) is 2. The third-order valence-electron chi connectivity index (χ3n) is 3.63. The lowest BCUT2D eigenvalue weighted by Crippen LogP contribution is -2.34. The molecule has 1 aromatic carbocycles. The Kier molecular flexibility index (Phi) is 3.80. The SMILES string of the molecule is C[C@@H](O)Cn1ncc2ccc3c(c21)CC(C(=O)OC(C)(C)C)O3. The number of rotatable bonds is 3. The molecule has 0 bridgehead atoms. The van der Waals surface area contributed by atoms with Crippen molar-refractivity contribution in [2.75, 3.05) is 0 Å². The lowest BCUT2D eigenvalue weighted by Gasteiger charge is -2.21. The van der Waals surface area contributed by atoms with E-state index in [4.69, 9.17) is 9.47 Å². The smallest absolute Gasteiger partial charge is 0.348 e. The fourth-order valence-electron chi connectivity index (χ4n) is 2.81. The first-order chi connectivity index (χ1) is 10.7. The molecule has 0 fully saturated rings. The van der Waals surface area contributed by atoms with Crippen LogP contribution < -0.4 is 4.74 Å². The number of aliphatic hydroxyl groups excluding tert-OH is 1. The summed E-state index contributed by atoms with van der Waals surface area (Å²) in [4.78, 5) is 12.3. The lowest BCUT2D eigenvalue weighted by atomic mass is 10.1. The summed E-state index contributed by atoms with van der Waals surface area (Å²) < 4.78 is 13.0. The minimum Gasteiger partial charge on any atom is -0.478 e. The summed E-state index contributed by atoms with van der Waals surface area (Å²) in [5.41, 5.74) is 1.31. The van der Waals surface area contributed by atoms with Crippen molar-refractivity contribution in [3.8, 4) is 5.75 Å². The molecule has 1 unspecified atom stereocenters. The van der Waals surface area contributed by atoms with E-state index < -0.39 is 17.8 Å². The average Bonchev–Trinajstić information content (AvgIpc) is 2.99. The number of carbonyl (C=O) groups excluding carboxylic acids is 1. The summed E-state index contributed by atoms with van der Waals surface area (Å²) in [6, 6.07) is 3.77. The monoisotopic (exact) mass is 318 g/mol. The molecule has 124 valence electrons. The molecule has 1 aliphatic heterocycles. The molecule has 2 atom stereocenters. The van der Waals surface area contributed by atoms with Crippen molar-refractivity contribution in [2.45, 2.75) is 58.5 Å². The molecule has 0 aliphatic carbocycles. The summed E-state index contributed by atoms with van der Waals surface area (Å²) >= 11 is 0. The van der Waals surface area contributed by atoms with Gasteiger partial charge in [0.05, 0.1) is 24.4 Å². The Labute approximate surface area is 135 Å². The van der Waals surface area contributed by atoms with Crippen molar-refractivity contribution in [3.63, 3.8) is 0 Å². The standard InChI is InChI=1S/C17H22N2O4/c1-10(20)9-19-15-11(8-18-19)5-6-13-12(15)7-14(22-13)16(21)23-17(2,3)4/h5-6,8,10,14,20H,7,9H2,1-4H3/t10-,14?/m1/s1. The van der Waals surface area contributed by atoms with Gasteiger partial charge in [-0.25, -0.2) is 4.79 Å². The van der Waals surface area contributed by atoms with Crippen LogP contribution in [0.4, 0.5) is 0 Å². The summed E-state index contributed by atoms with van der Waals surface area (Å²) in [6.07, 6.45) is 1.08. The number of hydrogen-bond donors (Lipinski definition) is 1. The van der Waals surface area contributed by atoms with Gasteiger partial charge in [0.2, 0.25) is 0 Å². The highest BCUT2D eigenvalue weighted by Crippen LogP contribution is 2.35. The molecule has 0 spiro atoms. The highest BCUT2D eigenvalue weighted by molar-refractivity contribution is 5.87. The minimum absolute atomic E-state index is 0.358. The molecule has 1 N–H and O–H groups in total. The highest BCUT2D eigenvalue weighted by atomic mass is 16.6. The van der Waals surface area contributed by atoms with Crippen molar-refractivity contribution in [3.05, 3.63) is 23.9 Å². The van der Waals surface area contributed by atoms with Gasteiger partial charge < -0.3 is 14.6 Å². The molecular weight excluding hydrogens is 296 g/mol. The van der Waals surface area contributed by atoms with Crippen LogP contribution in [0.3, 0.4) is 0 Å². The van der Waals surface area contributed by atoms with Gasteiger partial charge in [-0.3, -0.25) is 4.68 Å². The molecule has 0 amide bonds. The Hall–Kier alpha value is -2.08. The van der Waals surface area contributed by atoms with Crippen LogP contribution in [0.15, 0.2) is 18.3 Å². The van der Waals surface area contributed by atoms with E-state index >= 15 is 0 Å². The molecule has 1 aromatic heterocycles. The van der Waals surface area contributed by atoms with Crippen LogP contribution in [0, 0.1) is 0 Å². The lowest BCUT2D eigenvalue weighted by molar-refractivity contribution is -0.162. The predicted octanol–water partition coefficient (Wildman–Crippen LogP) is 2.06. The second-order valence-electron chi connectivity index (χ2n) is 7.00. The van der Waals surface area contributed by atoms with E-state index in [-0.39, 0.29) is 5.97 Å². The van der Waals surface area contributed by atoms with E-state index in [1.54, 1.807) is 17.8 Å². The molecule has 0 saturated carbocycles. The number of aromatic nitrogens is 2. The fourth-order valence-corrected chi connectivity index (χ4v) is 2.81. The van der Waals surface area contributed by atoms with Gasteiger partial charge in [-0.2, -0.15) is 5.10 Å². The minimum atomic E-state index is -0.635. The van der Waals surface area contributed by atoms with E-state index in [0.717, 1.165) is 16.5 Å². The van der Waals surface area contributed by atoms with Crippen molar-refractivity contribution in [2.24, 2.45) is 0 Å². The highest BCUT2D eigenvalue weighted by Gasteiger charge is 2.34.